The predicted octanol–water partition coefficient (Wildman–Crippen LogP) is 1.82. The maximum Gasteiger partial charge on any atom is 0.329 e. The van der Waals surface area contributed by atoms with Crippen LogP contribution in [0.25, 0.3) is 11.0 Å². The van der Waals surface area contributed by atoms with Crippen molar-refractivity contribution in [3.8, 4) is 0 Å². The van der Waals surface area contributed by atoms with Gasteiger partial charge in [-0.2, -0.15) is 0 Å². The van der Waals surface area contributed by atoms with Gasteiger partial charge < -0.3 is 10.1 Å². The molecule has 1 N–H and O–H groups in total. The topological polar surface area (TPSA) is 82.3 Å². The Morgan fingerprint density at radius 2 is 1.89 bits per heavy atom. The highest BCUT2D eigenvalue weighted by atomic mass is 16.5. The van der Waals surface area contributed by atoms with Gasteiger partial charge in [-0.25, -0.2) is 4.79 Å². The molecule has 0 radical (unpaired) electrons. The number of carbonyl (C=O) groups excluding carboxylic acids is 2. The molecule has 146 valence electrons. The highest BCUT2D eigenvalue weighted by Gasteiger charge is 2.28. The molecule has 1 fully saturated rings. The number of aryl methyl sites for hydroxylation is 1. The van der Waals surface area contributed by atoms with Gasteiger partial charge in [-0.15, -0.1) is 0 Å². The Morgan fingerprint density at radius 3 is 2.63 bits per heavy atom. The maximum atomic E-state index is 12.3. The summed E-state index contributed by atoms with van der Waals surface area (Å²) in [6.45, 7) is 3.80. The van der Waals surface area contributed by atoms with Crippen LogP contribution in [0.1, 0.15) is 33.1 Å². The molecule has 1 aromatic carbocycles. The van der Waals surface area contributed by atoms with Crippen molar-refractivity contribution in [3.05, 3.63) is 34.7 Å². The van der Waals surface area contributed by atoms with Crippen molar-refractivity contribution in [3.63, 3.8) is 0 Å². The highest BCUT2D eigenvalue weighted by molar-refractivity contribution is 5.82. The third-order valence-corrected chi connectivity index (χ3v) is 5.76. The van der Waals surface area contributed by atoms with Gasteiger partial charge in [0, 0.05) is 13.1 Å². The van der Waals surface area contributed by atoms with Gasteiger partial charge in [-0.3, -0.25) is 18.7 Å². The van der Waals surface area contributed by atoms with E-state index in [1.165, 1.54) is 15.6 Å². The molecular weight excluding hydrogens is 346 g/mol. The summed E-state index contributed by atoms with van der Waals surface area (Å²) in [6, 6.07) is 7.37. The van der Waals surface area contributed by atoms with E-state index in [1.807, 2.05) is 18.2 Å². The summed E-state index contributed by atoms with van der Waals surface area (Å²) in [5.41, 5.74) is 1.12. The SMILES string of the molecule is CC1CCCC(NC(=O)COC(=O)Cn2c(=O)n(C)c3ccccc32)C1C. The normalized spacial score (nSPS) is 22.6. The quantitative estimate of drug-likeness (QED) is 0.811. The first kappa shape index (κ1) is 19.2. The molecule has 0 saturated heterocycles. The zero-order valence-corrected chi connectivity index (χ0v) is 16.1. The lowest BCUT2D eigenvalue weighted by molar-refractivity contribution is -0.149. The van der Waals surface area contributed by atoms with Gasteiger partial charge in [0.05, 0.1) is 11.0 Å². The van der Waals surface area contributed by atoms with Crippen LogP contribution in [-0.2, 0) is 27.9 Å². The number of para-hydroxylation sites is 2. The van der Waals surface area contributed by atoms with Crippen molar-refractivity contribution in [2.75, 3.05) is 6.61 Å². The van der Waals surface area contributed by atoms with Gasteiger partial charge in [0.25, 0.3) is 5.91 Å². The minimum atomic E-state index is -0.603. The van der Waals surface area contributed by atoms with Crippen LogP contribution in [0, 0.1) is 11.8 Å². The van der Waals surface area contributed by atoms with Crippen molar-refractivity contribution in [1.82, 2.24) is 14.5 Å². The van der Waals surface area contributed by atoms with Crippen molar-refractivity contribution < 1.29 is 14.3 Å². The van der Waals surface area contributed by atoms with Crippen LogP contribution in [0.15, 0.2) is 29.1 Å². The Balaban J connectivity index is 1.57. The van der Waals surface area contributed by atoms with Gasteiger partial charge in [0.15, 0.2) is 6.61 Å². The number of hydrogen-bond donors (Lipinski definition) is 1. The molecule has 3 rings (SSSR count). The molecule has 1 saturated carbocycles. The first-order chi connectivity index (χ1) is 12.9. The molecule has 1 heterocycles. The second-order valence-electron chi connectivity index (χ2n) is 7.52. The summed E-state index contributed by atoms with van der Waals surface area (Å²) in [5.74, 6) is 0.0886. The van der Waals surface area contributed by atoms with Gasteiger partial charge in [0.2, 0.25) is 0 Å². The number of fused-ring (bicyclic) bond motifs is 1. The molecule has 0 aliphatic heterocycles. The van der Waals surface area contributed by atoms with Crippen LogP contribution in [0.3, 0.4) is 0 Å². The fourth-order valence-corrected chi connectivity index (χ4v) is 3.87. The Labute approximate surface area is 158 Å². The van der Waals surface area contributed by atoms with Crippen LogP contribution >= 0.6 is 0 Å². The second kappa shape index (κ2) is 7.98. The summed E-state index contributed by atoms with van der Waals surface area (Å²) in [7, 11) is 1.66. The van der Waals surface area contributed by atoms with Crippen molar-refractivity contribution in [1.29, 1.82) is 0 Å². The molecule has 7 nitrogen and oxygen atoms in total. The Kier molecular flexibility index (Phi) is 5.68. The molecule has 2 aromatic rings. The third kappa shape index (κ3) is 4.07. The monoisotopic (exact) mass is 373 g/mol. The third-order valence-electron chi connectivity index (χ3n) is 5.76. The van der Waals surface area contributed by atoms with Crippen LogP contribution in [0.5, 0.6) is 0 Å². The van der Waals surface area contributed by atoms with Gasteiger partial charge in [0.1, 0.15) is 6.54 Å². The smallest absolute Gasteiger partial charge is 0.329 e. The van der Waals surface area contributed by atoms with Crippen LogP contribution in [0.4, 0.5) is 0 Å². The zero-order chi connectivity index (χ0) is 19.6. The van der Waals surface area contributed by atoms with Crippen molar-refractivity contribution >= 4 is 22.9 Å². The van der Waals surface area contributed by atoms with E-state index < -0.39 is 5.97 Å². The Hall–Kier alpha value is -2.57. The maximum absolute atomic E-state index is 12.3. The molecule has 3 atom stereocenters. The Morgan fingerprint density at radius 1 is 1.19 bits per heavy atom. The minimum absolute atomic E-state index is 0.126. The van der Waals surface area contributed by atoms with Crippen molar-refractivity contribution in [2.45, 2.75) is 45.7 Å². The number of rotatable bonds is 5. The lowest BCUT2D eigenvalue weighted by Crippen LogP contribution is -2.45. The summed E-state index contributed by atoms with van der Waals surface area (Å²) in [4.78, 5) is 36.6. The molecular formula is C20H27N3O4. The summed E-state index contributed by atoms with van der Waals surface area (Å²) >= 11 is 0. The van der Waals surface area contributed by atoms with E-state index in [-0.39, 0.29) is 30.8 Å². The summed E-state index contributed by atoms with van der Waals surface area (Å²) in [6.07, 6.45) is 3.24. The number of ether oxygens (including phenoxy) is 1. The van der Waals surface area contributed by atoms with E-state index in [2.05, 4.69) is 19.2 Å². The van der Waals surface area contributed by atoms with Gasteiger partial charge >= 0.3 is 11.7 Å². The number of hydrogen-bond acceptors (Lipinski definition) is 4. The summed E-state index contributed by atoms with van der Waals surface area (Å²) in [5, 5.41) is 2.97. The molecule has 1 aromatic heterocycles. The largest absolute Gasteiger partial charge is 0.454 e. The molecule has 0 spiro atoms. The fraction of sp³-hybridized carbons (Fsp3) is 0.550. The average molecular weight is 373 g/mol. The first-order valence-electron chi connectivity index (χ1n) is 9.47. The Bertz CT molecular complexity index is 898. The standard InChI is InChI=1S/C20H27N3O4/c1-13-7-6-8-15(14(13)2)21-18(24)12-27-19(25)11-23-17-10-5-4-9-16(17)22(3)20(23)26/h4-5,9-10,13-15H,6-8,11-12H2,1-3H3,(H,21,24). The number of esters is 1. The number of aromatic nitrogens is 2. The molecule has 1 aliphatic carbocycles. The van der Waals surface area contributed by atoms with E-state index in [0.717, 1.165) is 18.4 Å². The predicted molar refractivity (Wildman–Crippen MR) is 102 cm³/mol. The average Bonchev–Trinajstić information content (AvgIpc) is 2.89. The fourth-order valence-electron chi connectivity index (χ4n) is 3.87. The number of imidazole rings is 1. The van der Waals surface area contributed by atoms with Crippen LogP contribution in [0.2, 0.25) is 0 Å². The highest BCUT2D eigenvalue weighted by Crippen LogP contribution is 2.29. The second-order valence-corrected chi connectivity index (χ2v) is 7.52. The van der Waals surface area contributed by atoms with Gasteiger partial charge in [-0.1, -0.05) is 38.8 Å². The number of nitrogens with zero attached hydrogens (tertiary/aromatic N) is 2. The zero-order valence-electron chi connectivity index (χ0n) is 16.1. The van der Waals surface area contributed by atoms with E-state index in [4.69, 9.17) is 4.74 Å². The number of benzene rings is 1. The summed E-state index contributed by atoms with van der Waals surface area (Å²) < 4.78 is 7.95. The van der Waals surface area contributed by atoms with Crippen molar-refractivity contribution in [2.24, 2.45) is 18.9 Å². The van der Waals surface area contributed by atoms with Gasteiger partial charge in [-0.05, 0) is 30.4 Å². The first-order valence-corrected chi connectivity index (χ1v) is 9.47. The molecule has 3 unspecified atom stereocenters. The molecule has 7 heteroatoms. The van der Waals surface area contributed by atoms with E-state index in [1.54, 1.807) is 13.1 Å². The number of nitrogens with one attached hydrogen (secondary N) is 1. The van der Waals surface area contributed by atoms with Crippen LogP contribution < -0.4 is 11.0 Å². The number of carbonyl (C=O) groups is 2. The lowest BCUT2D eigenvalue weighted by atomic mass is 9.78. The van der Waals surface area contributed by atoms with E-state index in [0.29, 0.717) is 17.4 Å². The number of amides is 1. The van der Waals surface area contributed by atoms with E-state index >= 15 is 0 Å². The van der Waals surface area contributed by atoms with E-state index in [9.17, 15) is 14.4 Å². The van der Waals surface area contributed by atoms with Crippen LogP contribution in [-0.4, -0.2) is 33.7 Å². The molecule has 1 aliphatic rings. The molecule has 1 amide bonds. The molecule has 27 heavy (non-hydrogen) atoms. The molecule has 0 bridgehead atoms. The minimum Gasteiger partial charge on any atom is -0.454 e. The lowest BCUT2D eigenvalue weighted by Gasteiger charge is -2.34.